The molecule has 0 fully saturated rings. The van der Waals surface area contributed by atoms with Crippen molar-refractivity contribution in [1.29, 1.82) is 0 Å². The predicted octanol–water partition coefficient (Wildman–Crippen LogP) is 7.85. The summed E-state index contributed by atoms with van der Waals surface area (Å²) in [5.74, 6) is -1.06. The van der Waals surface area contributed by atoms with Crippen LogP contribution >= 0.6 is 24.1 Å². The number of phenols is 4. The molecule has 4 N–H and O–H groups in total. The lowest BCUT2D eigenvalue weighted by Crippen LogP contribution is -1.85. The first-order valence-corrected chi connectivity index (χ1v) is 12.2. The number of rotatable bonds is 4. The third kappa shape index (κ3) is 3.74. The molecule has 0 heterocycles. The Bertz CT molecular complexity index is 1650. The summed E-state index contributed by atoms with van der Waals surface area (Å²) in [7, 11) is 0. The van der Waals surface area contributed by atoms with Crippen molar-refractivity contribution in [2.24, 2.45) is 0 Å². The fourth-order valence-corrected chi connectivity index (χ4v) is 5.90. The maximum atomic E-state index is 10.6. The molecule has 5 nitrogen and oxygen atoms in total. The van der Waals surface area contributed by atoms with Gasteiger partial charge in [0.15, 0.2) is 23.0 Å². The van der Waals surface area contributed by atoms with Crippen molar-refractivity contribution in [2.45, 2.75) is 9.79 Å². The highest BCUT2D eigenvalue weighted by atomic mass is 32.2. The van der Waals surface area contributed by atoms with Crippen molar-refractivity contribution in [3.63, 3.8) is 0 Å². The zero-order valence-electron chi connectivity index (χ0n) is 18.1. The molecule has 0 aliphatic carbocycles. The third-order valence-electron chi connectivity index (χ3n) is 6.06. The van der Waals surface area contributed by atoms with Gasteiger partial charge in [0.1, 0.15) is 0 Å². The van der Waals surface area contributed by atoms with Crippen molar-refractivity contribution in [3.05, 3.63) is 84.9 Å². The summed E-state index contributed by atoms with van der Waals surface area (Å²) < 4.78 is 5.81. The van der Waals surface area contributed by atoms with Crippen LogP contribution in [-0.2, 0) is 3.63 Å². The van der Waals surface area contributed by atoms with E-state index in [1.54, 1.807) is 0 Å². The molecule has 35 heavy (non-hydrogen) atoms. The third-order valence-corrected chi connectivity index (χ3v) is 7.76. The van der Waals surface area contributed by atoms with Gasteiger partial charge in [0.25, 0.3) is 0 Å². The monoisotopic (exact) mass is 498 g/mol. The zero-order chi connectivity index (χ0) is 24.1. The van der Waals surface area contributed by atoms with Gasteiger partial charge in [-0.2, -0.15) is 0 Å². The molecule has 7 heteroatoms. The van der Waals surface area contributed by atoms with Gasteiger partial charge in [-0.3, -0.25) is 0 Å². The molecule has 6 rings (SSSR count). The van der Waals surface area contributed by atoms with Gasteiger partial charge in [0.05, 0.1) is 9.79 Å². The largest absolute Gasteiger partial charge is 0.504 e. The Hall–Kier alpha value is -3.78. The molecule has 0 unspecified atom stereocenters. The molecule has 6 aromatic rings. The lowest BCUT2D eigenvalue weighted by atomic mass is 10.0. The Morgan fingerprint density at radius 2 is 0.829 bits per heavy atom. The van der Waals surface area contributed by atoms with E-state index in [-0.39, 0.29) is 23.0 Å². The van der Waals surface area contributed by atoms with Crippen LogP contribution in [0, 0.1) is 0 Å². The summed E-state index contributed by atoms with van der Waals surface area (Å²) in [6, 6.07) is 26.5. The number of phenolic OH excluding ortho intramolecular Hbond substituents is 4. The van der Waals surface area contributed by atoms with Crippen LogP contribution in [0.5, 0.6) is 23.0 Å². The molecule has 0 atom stereocenters. The summed E-state index contributed by atoms with van der Waals surface area (Å²) in [4.78, 5) is 0.709. The fraction of sp³-hybridized carbons (Fsp3) is 0. The molecule has 172 valence electrons. The maximum absolute atomic E-state index is 10.6. The van der Waals surface area contributed by atoms with Gasteiger partial charge < -0.3 is 20.4 Å². The van der Waals surface area contributed by atoms with Crippen molar-refractivity contribution in [2.75, 3.05) is 0 Å². The first-order chi connectivity index (χ1) is 17.0. The second-order valence-corrected chi connectivity index (χ2v) is 9.92. The maximum Gasteiger partial charge on any atom is 0.174 e. The van der Waals surface area contributed by atoms with Crippen LogP contribution < -0.4 is 0 Å². The highest BCUT2D eigenvalue weighted by molar-refractivity contribution is 8.08. The minimum absolute atomic E-state index is 0.249. The Kier molecular flexibility index (Phi) is 5.25. The highest BCUT2D eigenvalue weighted by Gasteiger charge is 2.18. The molecule has 0 aliphatic heterocycles. The van der Waals surface area contributed by atoms with E-state index in [1.165, 1.54) is 12.1 Å². The summed E-state index contributed by atoms with van der Waals surface area (Å²) in [6.45, 7) is 0. The van der Waals surface area contributed by atoms with Gasteiger partial charge in [-0.15, -0.1) is 0 Å². The van der Waals surface area contributed by atoms with E-state index in [1.807, 2.05) is 72.8 Å². The minimum Gasteiger partial charge on any atom is -0.504 e. The lowest BCUT2D eigenvalue weighted by molar-refractivity contribution is 0.395. The van der Waals surface area contributed by atoms with Crippen LogP contribution in [0.1, 0.15) is 0 Å². The molecule has 0 aromatic heterocycles. The Morgan fingerprint density at radius 3 is 1.23 bits per heavy atom. The molecule has 0 saturated carbocycles. The standard InChI is InChI=1S/C28H18O5S2/c29-23-13-19-9-15-5-1-3-7-17(15)11-21(19)27(25(23)31)34-33-35-28-22-12-18-8-4-2-6-16(18)10-20(22)14-24(30)26(28)32/h1-14,29-32H. The molecule has 0 radical (unpaired) electrons. The Morgan fingerprint density at radius 1 is 0.457 bits per heavy atom. The highest BCUT2D eigenvalue weighted by Crippen LogP contribution is 2.48. The second-order valence-electron chi connectivity index (χ2n) is 8.22. The number of fused-ring (bicyclic) bond motifs is 4. The van der Waals surface area contributed by atoms with E-state index >= 15 is 0 Å². The van der Waals surface area contributed by atoms with Gasteiger partial charge >= 0.3 is 0 Å². The normalized spacial score (nSPS) is 11.7. The Labute approximate surface area is 208 Å². The molecule has 0 spiro atoms. The van der Waals surface area contributed by atoms with E-state index in [2.05, 4.69) is 0 Å². The van der Waals surface area contributed by atoms with Crippen LogP contribution in [0.25, 0.3) is 43.1 Å². The predicted molar refractivity (Wildman–Crippen MR) is 142 cm³/mol. The van der Waals surface area contributed by atoms with Crippen molar-refractivity contribution in [3.8, 4) is 23.0 Å². The number of benzene rings is 6. The number of aromatic hydroxyl groups is 4. The summed E-state index contributed by atoms with van der Waals surface area (Å²) in [5, 5.41) is 48.8. The van der Waals surface area contributed by atoms with Crippen molar-refractivity contribution < 1.29 is 24.1 Å². The minimum atomic E-state index is -0.283. The molecule has 0 amide bonds. The van der Waals surface area contributed by atoms with Crippen molar-refractivity contribution in [1.82, 2.24) is 0 Å². The second kappa shape index (κ2) is 8.46. The topological polar surface area (TPSA) is 90.2 Å². The summed E-state index contributed by atoms with van der Waals surface area (Å²) in [6.07, 6.45) is 0. The van der Waals surface area contributed by atoms with Crippen molar-refractivity contribution >= 4 is 67.2 Å². The summed E-state index contributed by atoms with van der Waals surface area (Å²) >= 11 is 1.76. The fourth-order valence-electron chi connectivity index (χ4n) is 4.32. The quantitative estimate of drug-likeness (QED) is 0.112. The zero-order valence-corrected chi connectivity index (χ0v) is 19.7. The van der Waals surface area contributed by atoms with E-state index in [4.69, 9.17) is 3.63 Å². The number of hydrogen-bond acceptors (Lipinski definition) is 7. The Balaban J connectivity index is 1.40. The molecular weight excluding hydrogens is 480 g/mol. The van der Waals surface area contributed by atoms with E-state index in [0.29, 0.717) is 9.79 Å². The SMILES string of the molecule is Oc1cc2cc3ccccc3cc2c(SOSc2c(O)c(O)cc3cc4ccccc4cc23)c1O. The number of hydrogen-bond donors (Lipinski definition) is 4. The molecule has 6 aromatic carbocycles. The smallest absolute Gasteiger partial charge is 0.174 e. The van der Waals surface area contributed by atoms with Crippen LogP contribution in [-0.4, -0.2) is 20.4 Å². The molecule has 0 bridgehead atoms. The van der Waals surface area contributed by atoms with Crippen LogP contribution in [0.4, 0.5) is 0 Å². The van der Waals surface area contributed by atoms with E-state index < -0.39 is 0 Å². The first-order valence-electron chi connectivity index (χ1n) is 10.8. The van der Waals surface area contributed by atoms with Gasteiger partial charge in [0, 0.05) is 34.9 Å². The molecular formula is C28H18O5S2. The van der Waals surface area contributed by atoms with Gasteiger partial charge in [-0.25, -0.2) is 3.63 Å². The van der Waals surface area contributed by atoms with Gasteiger partial charge in [0.2, 0.25) is 0 Å². The van der Waals surface area contributed by atoms with Gasteiger partial charge in [-0.1, -0.05) is 48.5 Å². The van der Waals surface area contributed by atoms with Crippen LogP contribution in [0.2, 0.25) is 0 Å². The van der Waals surface area contributed by atoms with Gasteiger partial charge in [-0.05, 0) is 68.7 Å². The van der Waals surface area contributed by atoms with Crippen LogP contribution in [0.3, 0.4) is 0 Å². The molecule has 0 saturated heterocycles. The van der Waals surface area contributed by atoms with E-state index in [0.717, 1.165) is 67.2 Å². The lowest BCUT2D eigenvalue weighted by Gasteiger charge is -2.13. The van der Waals surface area contributed by atoms with Crippen LogP contribution in [0.15, 0.2) is 94.7 Å². The average Bonchev–Trinajstić information content (AvgIpc) is 2.86. The summed E-state index contributed by atoms with van der Waals surface area (Å²) in [5.41, 5.74) is 0. The molecule has 0 aliphatic rings. The van der Waals surface area contributed by atoms with E-state index in [9.17, 15) is 20.4 Å². The first kappa shape index (κ1) is 21.7. The average molecular weight is 499 g/mol.